The maximum Gasteiger partial charge on any atom is 0.369 e. The van der Waals surface area contributed by atoms with Crippen molar-refractivity contribution in [3.8, 4) is 11.8 Å². The van der Waals surface area contributed by atoms with Crippen LogP contribution in [0.4, 0.5) is 5.69 Å². The fraction of sp³-hybridized carbons (Fsp3) is 0.167. The quantitative estimate of drug-likeness (QED) is 0.649. The van der Waals surface area contributed by atoms with Gasteiger partial charge in [-0.2, -0.15) is 14.6 Å². The van der Waals surface area contributed by atoms with Crippen LogP contribution >= 0.6 is 11.6 Å². The minimum Gasteiger partial charge on any atom is -0.310 e. The molecule has 1 amide bonds. The first-order valence-electron chi connectivity index (χ1n) is 8.12. The molecule has 0 N–H and O–H groups in total. The van der Waals surface area contributed by atoms with Crippen molar-refractivity contribution in [2.45, 2.75) is 13.0 Å². The van der Waals surface area contributed by atoms with Gasteiger partial charge in [-0.05, 0) is 34.7 Å². The van der Waals surface area contributed by atoms with Gasteiger partial charge in [0.2, 0.25) is 5.91 Å². The topological polar surface area (TPSA) is 96.8 Å². The fourth-order valence-corrected chi connectivity index (χ4v) is 2.74. The van der Waals surface area contributed by atoms with Crippen LogP contribution in [-0.4, -0.2) is 32.2 Å². The van der Waals surface area contributed by atoms with E-state index in [1.54, 1.807) is 48.5 Å². The summed E-state index contributed by atoms with van der Waals surface area (Å²) in [6, 6.07) is 17.7. The number of carbonyl (C=O) groups excluding carboxylic acids is 1. The number of anilines is 1. The van der Waals surface area contributed by atoms with E-state index in [2.05, 4.69) is 10.4 Å². The van der Waals surface area contributed by atoms with E-state index in [9.17, 15) is 9.59 Å². The molecule has 0 saturated carbocycles. The molecule has 0 radical (unpaired) electrons. The fourth-order valence-electron chi connectivity index (χ4n) is 2.53. The summed E-state index contributed by atoms with van der Waals surface area (Å²) in [7, 11) is 0. The number of benzene rings is 2. The van der Waals surface area contributed by atoms with Gasteiger partial charge in [0.1, 0.15) is 6.54 Å². The third kappa shape index (κ3) is 4.04. The van der Waals surface area contributed by atoms with Gasteiger partial charge in [-0.3, -0.25) is 4.79 Å². The highest BCUT2D eigenvalue weighted by Crippen LogP contribution is 2.17. The summed E-state index contributed by atoms with van der Waals surface area (Å²) in [6.07, 6.45) is 0.168. The molecule has 2 aromatic carbocycles. The molecule has 0 unspecified atom stereocenters. The molecule has 8 nitrogen and oxygen atoms in total. The van der Waals surface area contributed by atoms with E-state index in [0.717, 1.165) is 9.36 Å². The van der Waals surface area contributed by atoms with E-state index >= 15 is 0 Å². The number of para-hydroxylation sites is 2. The first kappa shape index (κ1) is 18.4. The van der Waals surface area contributed by atoms with Crippen LogP contribution in [0, 0.1) is 11.3 Å². The molecule has 27 heavy (non-hydrogen) atoms. The Morgan fingerprint density at radius 3 is 2.52 bits per heavy atom. The zero-order valence-electron chi connectivity index (χ0n) is 14.2. The SMILES string of the molecule is N#CCCN(C(=O)Cn1nnn(-c2ccccc2Cl)c1=O)c1ccccc1. The minimum atomic E-state index is -0.579. The predicted molar refractivity (Wildman–Crippen MR) is 99.7 cm³/mol. The Hall–Kier alpha value is -3.44. The average molecular weight is 383 g/mol. The second kappa shape index (κ2) is 8.29. The number of amides is 1. The molecule has 0 bridgehead atoms. The number of hydrogen-bond donors (Lipinski definition) is 0. The number of rotatable bonds is 6. The van der Waals surface area contributed by atoms with Crippen molar-refractivity contribution >= 4 is 23.2 Å². The lowest BCUT2D eigenvalue weighted by atomic mass is 10.2. The van der Waals surface area contributed by atoms with E-state index in [-0.39, 0.29) is 25.4 Å². The van der Waals surface area contributed by atoms with Crippen molar-refractivity contribution in [1.82, 2.24) is 19.8 Å². The standard InChI is InChI=1S/C18H15ClN6O2/c19-15-9-4-5-10-16(15)25-18(27)24(21-22-25)13-17(26)23(12-6-11-20)14-7-2-1-3-8-14/h1-5,7-10H,6,12-13H2. The lowest BCUT2D eigenvalue weighted by molar-refractivity contribution is -0.119. The van der Waals surface area contributed by atoms with Crippen LogP contribution in [-0.2, 0) is 11.3 Å². The molecule has 0 aliphatic heterocycles. The molecule has 0 spiro atoms. The van der Waals surface area contributed by atoms with E-state index in [0.29, 0.717) is 16.4 Å². The van der Waals surface area contributed by atoms with Gasteiger partial charge >= 0.3 is 5.69 Å². The van der Waals surface area contributed by atoms with Crippen LogP contribution in [0.25, 0.3) is 5.69 Å². The number of aromatic nitrogens is 4. The molecule has 0 fully saturated rings. The highest BCUT2D eigenvalue weighted by molar-refractivity contribution is 6.32. The number of tetrazole rings is 1. The monoisotopic (exact) mass is 382 g/mol. The lowest BCUT2D eigenvalue weighted by Crippen LogP contribution is -2.37. The zero-order valence-corrected chi connectivity index (χ0v) is 15.0. The third-order valence-electron chi connectivity index (χ3n) is 3.82. The van der Waals surface area contributed by atoms with Crippen molar-refractivity contribution < 1.29 is 4.79 Å². The third-order valence-corrected chi connectivity index (χ3v) is 4.14. The molecule has 9 heteroatoms. The van der Waals surface area contributed by atoms with Crippen LogP contribution in [0.5, 0.6) is 0 Å². The molecular formula is C18H15ClN6O2. The van der Waals surface area contributed by atoms with Crippen LogP contribution in [0.1, 0.15) is 6.42 Å². The summed E-state index contributed by atoms with van der Waals surface area (Å²) >= 11 is 6.09. The Balaban J connectivity index is 1.86. The summed E-state index contributed by atoms with van der Waals surface area (Å²) in [5.41, 5.74) is 0.446. The highest BCUT2D eigenvalue weighted by atomic mass is 35.5. The van der Waals surface area contributed by atoms with E-state index in [1.807, 2.05) is 12.1 Å². The molecule has 0 aliphatic rings. The average Bonchev–Trinajstić information content (AvgIpc) is 3.03. The molecule has 0 aliphatic carbocycles. The van der Waals surface area contributed by atoms with Gasteiger partial charge in [-0.25, -0.2) is 4.79 Å². The van der Waals surface area contributed by atoms with Crippen molar-refractivity contribution in [2.75, 3.05) is 11.4 Å². The van der Waals surface area contributed by atoms with E-state index in [1.165, 1.54) is 4.90 Å². The van der Waals surface area contributed by atoms with Crippen molar-refractivity contribution in [3.63, 3.8) is 0 Å². The first-order chi connectivity index (χ1) is 13.1. The summed E-state index contributed by atoms with van der Waals surface area (Å²) in [5, 5.41) is 16.8. The Morgan fingerprint density at radius 2 is 1.81 bits per heavy atom. The smallest absolute Gasteiger partial charge is 0.310 e. The molecule has 1 heterocycles. The Kier molecular flexibility index (Phi) is 5.64. The molecular weight excluding hydrogens is 368 g/mol. The number of halogens is 1. The maximum atomic E-state index is 12.7. The molecule has 0 saturated heterocycles. The summed E-state index contributed by atoms with van der Waals surface area (Å²) < 4.78 is 2.01. The van der Waals surface area contributed by atoms with Crippen molar-refractivity contribution in [1.29, 1.82) is 5.26 Å². The van der Waals surface area contributed by atoms with Crippen molar-refractivity contribution in [2.24, 2.45) is 0 Å². The lowest BCUT2D eigenvalue weighted by Gasteiger charge is -2.21. The molecule has 3 rings (SSSR count). The second-order valence-electron chi connectivity index (χ2n) is 5.57. The van der Waals surface area contributed by atoms with Crippen LogP contribution < -0.4 is 10.6 Å². The largest absolute Gasteiger partial charge is 0.369 e. The van der Waals surface area contributed by atoms with Gasteiger partial charge in [-0.15, -0.1) is 0 Å². The number of hydrogen-bond acceptors (Lipinski definition) is 5. The Bertz CT molecular complexity index is 1040. The van der Waals surface area contributed by atoms with Gasteiger partial charge in [0.05, 0.1) is 23.2 Å². The van der Waals surface area contributed by atoms with Gasteiger partial charge < -0.3 is 4.90 Å². The van der Waals surface area contributed by atoms with Gasteiger partial charge in [0, 0.05) is 12.2 Å². The van der Waals surface area contributed by atoms with Crippen LogP contribution in [0.2, 0.25) is 5.02 Å². The molecule has 0 atom stereocenters. The minimum absolute atomic E-state index is 0.168. The number of nitriles is 1. The highest BCUT2D eigenvalue weighted by Gasteiger charge is 2.19. The predicted octanol–water partition coefficient (Wildman–Crippen LogP) is 2.03. The first-order valence-corrected chi connectivity index (χ1v) is 8.49. The summed E-state index contributed by atoms with van der Waals surface area (Å²) in [6.45, 7) is -0.0869. The zero-order chi connectivity index (χ0) is 19.2. The van der Waals surface area contributed by atoms with Gasteiger partial charge in [0.15, 0.2) is 0 Å². The molecule has 3 aromatic rings. The van der Waals surface area contributed by atoms with Crippen LogP contribution in [0.15, 0.2) is 59.4 Å². The van der Waals surface area contributed by atoms with E-state index < -0.39 is 5.69 Å². The molecule has 136 valence electrons. The second-order valence-corrected chi connectivity index (χ2v) is 5.98. The van der Waals surface area contributed by atoms with E-state index in [4.69, 9.17) is 16.9 Å². The number of carbonyl (C=O) groups is 1. The van der Waals surface area contributed by atoms with Gasteiger partial charge in [0.25, 0.3) is 0 Å². The Labute approximate surface area is 159 Å². The Morgan fingerprint density at radius 1 is 1.11 bits per heavy atom. The normalized spacial score (nSPS) is 10.4. The van der Waals surface area contributed by atoms with Gasteiger partial charge in [-0.1, -0.05) is 41.9 Å². The number of nitrogens with zero attached hydrogens (tertiary/aromatic N) is 6. The van der Waals surface area contributed by atoms with Crippen molar-refractivity contribution in [3.05, 3.63) is 70.1 Å². The summed E-state index contributed by atoms with van der Waals surface area (Å²) in [4.78, 5) is 26.7. The maximum absolute atomic E-state index is 12.7. The van der Waals surface area contributed by atoms with Crippen LogP contribution in [0.3, 0.4) is 0 Å². The molecule has 1 aromatic heterocycles. The summed E-state index contributed by atoms with van der Waals surface area (Å²) in [5.74, 6) is -0.371.